The monoisotopic (exact) mass is 246 g/mol. The average molecular weight is 247 g/mol. The minimum absolute atomic E-state index is 0.0633. The molecule has 0 amide bonds. The van der Waals surface area contributed by atoms with Crippen LogP contribution in [0.2, 0.25) is 5.02 Å². The van der Waals surface area contributed by atoms with Crippen molar-refractivity contribution in [2.45, 2.75) is 19.3 Å². The first-order valence-corrected chi connectivity index (χ1v) is 5.08. The molecule has 0 bridgehead atoms. The fraction of sp³-hybridized carbons (Fsp3) is 0.364. The number of methoxy groups -OCH3 is 1. The summed E-state index contributed by atoms with van der Waals surface area (Å²) in [6, 6.07) is 2.82. The predicted molar refractivity (Wildman–Crippen MR) is 58.6 cm³/mol. The van der Waals surface area contributed by atoms with Crippen LogP contribution in [0.4, 0.5) is 4.39 Å². The number of carboxylic acids is 1. The molecule has 5 heteroatoms. The minimum atomic E-state index is -0.981. The lowest BCUT2D eigenvalue weighted by Gasteiger charge is -2.13. The van der Waals surface area contributed by atoms with Gasteiger partial charge in [-0.1, -0.05) is 18.5 Å². The summed E-state index contributed by atoms with van der Waals surface area (Å²) in [7, 11) is 1.44. The van der Waals surface area contributed by atoms with Gasteiger partial charge in [0, 0.05) is 6.07 Å². The van der Waals surface area contributed by atoms with Crippen molar-refractivity contribution in [1.82, 2.24) is 0 Å². The van der Waals surface area contributed by atoms with Crippen molar-refractivity contribution in [1.29, 1.82) is 0 Å². The van der Waals surface area contributed by atoms with Crippen LogP contribution in [0, 0.1) is 5.82 Å². The largest absolute Gasteiger partial charge is 0.497 e. The van der Waals surface area contributed by atoms with E-state index >= 15 is 0 Å². The van der Waals surface area contributed by atoms with Gasteiger partial charge in [-0.05, 0) is 17.5 Å². The number of aliphatic carboxylic acids is 1. The maximum Gasteiger partial charge on any atom is 0.303 e. The molecule has 0 aromatic heterocycles. The molecule has 0 fully saturated rings. The molecular weight excluding hydrogens is 235 g/mol. The number of carboxylic acid groups (broad SMARTS) is 1. The number of hydrogen-bond acceptors (Lipinski definition) is 2. The predicted octanol–water partition coefficient (Wildman–Crippen LogP) is 3.07. The molecule has 0 radical (unpaired) electrons. The van der Waals surface area contributed by atoms with Crippen LogP contribution in [0.5, 0.6) is 5.75 Å². The molecule has 1 atom stereocenters. The molecule has 1 unspecified atom stereocenters. The van der Waals surface area contributed by atoms with Gasteiger partial charge in [-0.25, -0.2) is 4.39 Å². The summed E-state index contributed by atoms with van der Waals surface area (Å²) in [5.74, 6) is -1.61. The first-order chi connectivity index (χ1) is 7.45. The van der Waals surface area contributed by atoms with Crippen LogP contribution in [0.15, 0.2) is 12.1 Å². The second-order valence-electron chi connectivity index (χ2n) is 3.51. The summed E-state index contributed by atoms with van der Waals surface area (Å²) in [5.41, 5.74) is 0.256. The molecule has 1 aromatic carbocycles. The quantitative estimate of drug-likeness (QED) is 0.888. The number of carbonyl (C=O) groups is 1. The van der Waals surface area contributed by atoms with Crippen molar-refractivity contribution in [2.24, 2.45) is 0 Å². The van der Waals surface area contributed by atoms with Gasteiger partial charge < -0.3 is 9.84 Å². The minimum Gasteiger partial charge on any atom is -0.497 e. The van der Waals surface area contributed by atoms with Crippen molar-refractivity contribution in [3.8, 4) is 5.75 Å². The third kappa shape index (κ3) is 2.85. The zero-order valence-corrected chi connectivity index (χ0v) is 9.71. The highest BCUT2D eigenvalue weighted by Gasteiger charge is 2.18. The molecule has 1 N–H and O–H groups in total. The maximum atomic E-state index is 13.6. The number of rotatable bonds is 4. The molecule has 0 aliphatic carbocycles. The molecule has 3 nitrogen and oxygen atoms in total. The summed E-state index contributed by atoms with van der Waals surface area (Å²) in [6.45, 7) is 1.63. The van der Waals surface area contributed by atoms with E-state index in [9.17, 15) is 9.18 Å². The fourth-order valence-electron chi connectivity index (χ4n) is 1.43. The van der Waals surface area contributed by atoms with Crippen molar-refractivity contribution in [2.75, 3.05) is 7.11 Å². The van der Waals surface area contributed by atoms with Gasteiger partial charge in [0.25, 0.3) is 0 Å². The zero-order valence-electron chi connectivity index (χ0n) is 8.96. The molecule has 16 heavy (non-hydrogen) atoms. The number of halogens is 2. The second kappa shape index (κ2) is 5.16. The first-order valence-electron chi connectivity index (χ1n) is 4.70. The van der Waals surface area contributed by atoms with Gasteiger partial charge in [0.15, 0.2) is 0 Å². The molecule has 0 heterocycles. The third-order valence-corrected chi connectivity index (χ3v) is 2.55. The van der Waals surface area contributed by atoms with E-state index < -0.39 is 17.7 Å². The molecular formula is C11H12ClFO3. The van der Waals surface area contributed by atoms with Crippen molar-refractivity contribution >= 4 is 17.6 Å². The van der Waals surface area contributed by atoms with E-state index in [0.717, 1.165) is 0 Å². The fourth-order valence-corrected chi connectivity index (χ4v) is 1.65. The molecule has 0 saturated heterocycles. The van der Waals surface area contributed by atoms with E-state index in [4.69, 9.17) is 21.4 Å². The van der Waals surface area contributed by atoms with E-state index in [1.54, 1.807) is 6.92 Å². The second-order valence-corrected chi connectivity index (χ2v) is 3.92. The summed E-state index contributed by atoms with van der Waals surface area (Å²) in [4.78, 5) is 10.5. The van der Waals surface area contributed by atoms with E-state index in [-0.39, 0.29) is 17.0 Å². The van der Waals surface area contributed by atoms with Crippen LogP contribution in [0.3, 0.4) is 0 Å². The van der Waals surface area contributed by atoms with Crippen molar-refractivity contribution in [3.05, 3.63) is 28.5 Å². The van der Waals surface area contributed by atoms with Gasteiger partial charge in [-0.2, -0.15) is 0 Å². The SMILES string of the molecule is COc1cc(Cl)c(F)c(C(C)CC(=O)O)c1. The normalized spacial score (nSPS) is 12.2. The average Bonchev–Trinajstić information content (AvgIpc) is 2.20. The van der Waals surface area contributed by atoms with Gasteiger partial charge in [0.1, 0.15) is 11.6 Å². The Bertz CT molecular complexity index is 406. The first kappa shape index (κ1) is 12.8. The van der Waals surface area contributed by atoms with E-state index in [0.29, 0.717) is 5.75 Å². The number of benzene rings is 1. The molecule has 1 rings (SSSR count). The lowest BCUT2D eigenvalue weighted by molar-refractivity contribution is -0.137. The van der Waals surface area contributed by atoms with Crippen LogP contribution >= 0.6 is 11.6 Å². The molecule has 0 saturated carbocycles. The highest BCUT2D eigenvalue weighted by molar-refractivity contribution is 6.31. The highest BCUT2D eigenvalue weighted by Crippen LogP contribution is 2.31. The van der Waals surface area contributed by atoms with Crippen molar-refractivity contribution < 1.29 is 19.0 Å². The Labute approximate surface area is 97.8 Å². The Morgan fingerprint density at radius 1 is 1.62 bits per heavy atom. The van der Waals surface area contributed by atoms with Crippen LogP contribution < -0.4 is 4.74 Å². The van der Waals surface area contributed by atoms with Crippen LogP contribution in [-0.2, 0) is 4.79 Å². The summed E-state index contributed by atoms with van der Waals surface area (Å²) < 4.78 is 18.6. The van der Waals surface area contributed by atoms with E-state index in [1.165, 1.54) is 19.2 Å². The Morgan fingerprint density at radius 3 is 2.75 bits per heavy atom. The van der Waals surface area contributed by atoms with Gasteiger partial charge in [0.05, 0.1) is 18.6 Å². The third-order valence-electron chi connectivity index (χ3n) is 2.28. The molecule has 0 aliphatic heterocycles. The zero-order chi connectivity index (χ0) is 12.3. The Hall–Kier alpha value is -1.29. The topological polar surface area (TPSA) is 46.5 Å². The molecule has 1 aromatic rings. The van der Waals surface area contributed by atoms with E-state index in [1.807, 2.05) is 0 Å². The summed E-state index contributed by atoms with van der Waals surface area (Å²) >= 11 is 5.68. The number of ether oxygens (including phenoxy) is 1. The lowest BCUT2D eigenvalue weighted by atomic mass is 9.97. The summed E-state index contributed by atoms with van der Waals surface area (Å²) in [5, 5.41) is 8.58. The standard InChI is InChI=1S/C11H12ClFO3/c1-6(3-10(14)15)8-4-7(16-2)5-9(12)11(8)13/h4-6H,3H2,1-2H3,(H,14,15). The van der Waals surface area contributed by atoms with E-state index in [2.05, 4.69) is 0 Å². The smallest absolute Gasteiger partial charge is 0.303 e. The maximum absolute atomic E-state index is 13.6. The van der Waals surface area contributed by atoms with Gasteiger partial charge in [-0.15, -0.1) is 0 Å². The van der Waals surface area contributed by atoms with Gasteiger partial charge in [0.2, 0.25) is 0 Å². The number of hydrogen-bond donors (Lipinski definition) is 1. The van der Waals surface area contributed by atoms with Crippen LogP contribution in [0.25, 0.3) is 0 Å². The van der Waals surface area contributed by atoms with Crippen LogP contribution in [-0.4, -0.2) is 18.2 Å². The Balaban J connectivity index is 3.10. The summed E-state index contributed by atoms with van der Waals surface area (Å²) in [6.07, 6.45) is -0.152. The Kier molecular flexibility index (Phi) is 4.12. The van der Waals surface area contributed by atoms with Crippen LogP contribution in [0.1, 0.15) is 24.8 Å². The van der Waals surface area contributed by atoms with Gasteiger partial charge >= 0.3 is 5.97 Å². The molecule has 0 spiro atoms. The molecule has 0 aliphatic rings. The van der Waals surface area contributed by atoms with Gasteiger partial charge in [-0.3, -0.25) is 4.79 Å². The Morgan fingerprint density at radius 2 is 2.25 bits per heavy atom. The highest BCUT2D eigenvalue weighted by atomic mass is 35.5. The lowest BCUT2D eigenvalue weighted by Crippen LogP contribution is -2.05. The van der Waals surface area contributed by atoms with Crippen molar-refractivity contribution in [3.63, 3.8) is 0 Å². The molecule has 88 valence electrons.